The van der Waals surface area contributed by atoms with Crippen LogP contribution in [0.25, 0.3) is 0 Å². The molecule has 0 fully saturated rings. The van der Waals surface area contributed by atoms with E-state index in [1.54, 1.807) is 6.07 Å². The summed E-state index contributed by atoms with van der Waals surface area (Å²) < 4.78 is 30.2. The van der Waals surface area contributed by atoms with Crippen molar-refractivity contribution in [1.82, 2.24) is 15.2 Å². The van der Waals surface area contributed by atoms with E-state index in [9.17, 15) is 8.42 Å². The summed E-state index contributed by atoms with van der Waals surface area (Å²) in [5, 5.41) is 6.53. The Balaban J connectivity index is 2.29. The fourth-order valence-electron chi connectivity index (χ4n) is 1.07. The third-order valence-corrected chi connectivity index (χ3v) is 3.21. The Morgan fingerprint density at radius 3 is 2.81 bits per heavy atom. The molecule has 0 spiro atoms. The van der Waals surface area contributed by atoms with E-state index in [2.05, 4.69) is 15.2 Å². The highest BCUT2D eigenvalue weighted by Gasteiger charge is 2.10. The maximum absolute atomic E-state index is 11.5. The molecule has 0 saturated carbocycles. The maximum Gasteiger partial charge on any atom is 0.213 e. The fraction of sp³-hybridized carbons (Fsp3) is 0.667. The highest BCUT2D eigenvalue weighted by atomic mass is 32.2. The summed E-state index contributed by atoms with van der Waals surface area (Å²) in [5.74, 6) is 0.555. The van der Waals surface area contributed by atoms with Gasteiger partial charge in [-0.3, -0.25) is 0 Å². The van der Waals surface area contributed by atoms with Crippen LogP contribution in [0.2, 0.25) is 0 Å². The van der Waals surface area contributed by atoms with Crippen LogP contribution in [0.4, 0.5) is 0 Å². The summed E-state index contributed by atoms with van der Waals surface area (Å²) in [4.78, 5) is 0. The molecule has 0 radical (unpaired) electrons. The van der Waals surface area contributed by atoms with Gasteiger partial charge in [-0.2, -0.15) is 0 Å². The Hall–Kier alpha value is -0.920. The summed E-state index contributed by atoms with van der Waals surface area (Å²) in [6.45, 7) is 4.51. The molecule has 0 aliphatic carbocycles. The molecular formula is C9H17N3O3S. The number of hydrogen-bond donors (Lipinski definition) is 2. The first-order valence-electron chi connectivity index (χ1n) is 5.10. The molecule has 0 amide bonds. The zero-order valence-electron chi connectivity index (χ0n) is 9.43. The van der Waals surface area contributed by atoms with E-state index in [1.165, 1.54) is 6.20 Å². The van der Waals surface area contributed by atoms with Crippen LogP contribution >= 0.6 is 0 Å². The smallest absolute Gasteiger partial charge is 0.213 e. The zero-order valence-corrected chi connectivity index (χ0v) is 10.3. The van der Waals surface area contributed by atoms with Gasteiger partial charge in [0.1, 0.15) is 0 Å². The van der Waals surface area contributed by atoms with Gasteiger partial charge in [0.2, 0.25) is 10.0 Å². The van der Waals surface area contributed by atoms with Crippen LogP contribution in [0.15, 0.2) is 16.8 Å². The highest BCUT2D eigenvalue weighted by molar-refractivity contribution is 7.89. The molecule has 92 valence electrons. The number of rotatable bonds is 7. The third kappa shape index (κ3) is 5.24. The summed E-state index contributed by atoms with van der Waals surface area (Å²) >= 11 is 0. The molecule has 2 N–H and O–H groups in total. The van der Waals surface area contributed by atoms with Crippen molar-refractivity contribution in [3.63, 3.8) is 0 Å². The van der Waals surface area contributed by atoms with Crippen molar-refractivity contribution in [3.05, 3.63) is 18.0 Å². The predicted molar refractivity (Wildman–Crippen MR) is 60.3 cm³/mol. The first-order valence-corrected chi connectivity index (χ1v) is 6.75. The summed E-state index contributed by atoms with van der Waals surface area (Å²) in [7, 11) is -3.25. The molecule has 1 rings (SSSR count). The molecule has 1 aromatic heterocycles. The van der Waals surface area contributed by atoms with E-state index in [-0.39, 0.29) is 18.3 Å². The van der Waals surface area contributed by atoms with Crippen molar-refractivity contribution >= 4 is 10.0 Å². The average molecular weight is 247 g/mol. The monoisotopic (exact) mass is 247 g/mol. The van der Waals surface area contributed by atoms with Crippen LogP contribution in [0, 0.1) is 0 Å². The molecule has 0 bridgehead atoms. The van der Waals surface area contributed by atoms with Gasteiger partial charge in [0.05, 0.1) is 18.5 Å². The van der Waals surface area contributed by atoms with Gasteiger partial charge in [0.25, 0.3) is 0 Å². The topological polar surface area (TPSA) is 84.2 Å². The van der Waals surface area contributed by atoms with Gasteiger partial charge in [-0.15, -0.1) is 0 Å². The fourth-order valence-corrected chi connectivity index (χ4v) is 1.96. The van der Waals surface area contributed by atoms with Crippen molar-refractivity contribution in [2.24, 2.45) is 0 Å². The van der Waals surface area contributed by atoms with Crippen LogP contribution in [-0.4, -0.2) is 31.9 Å². The van der Waals surface area contributed by atoms with Crippen molar-refractivity contribution in [1.29, 1.82) is 0 Å². The first kappa shape index (κ1) is 13.1. The van der Waals surface area contributed by atoms with Gasteiger partial charge in [-0.1, -0.05) is 19.0 Å². The molecule has 0 saturated heterocycles. The SMILES string of the molecule is CC(C)NCCS(=O)(=O)NCc1ccno1. The second-order valence-corrected chi connectivity index (χ2v) is 5.65. The summed E-state index contributed by atoms with van der Waals surface area (Å²) in [6.07, 6.45) is 1.48. The normalized spacial score (nSPS) is 12.2. The molecule has 6 nitrogen and oxygen atoms in total. The van der Waals surface area contributed by atoms with Crippen molar-refractivity contribution < 1.29 is 12.9 Å². The first-order chi connectivity index (χ1) is 7.49. The lowest BCUT2D eigenvalue weighted by Crippen LogP contribution is -2.34. The van der Waals surface area contributed by atoms with Gasteiger partial charge in [0.15, 0.2) is 5.76 Å². The van der Waals surface area contributed by atoms with Gasteiger partial charge in [-0.25, -0.2) is 13.1 Å². The Morgan fingerprint density at radius 1 is 1.50 bits per heavy atom. The molecule has 7 heteroatoms. The molecule has 0 aliphatic heterocycles. The Morgan fingerprint density at radius 2 is 2.25 bits per heavy atom. The summed E-state index contributed by atoms with van der Waals surface area (Å²) in [6, 6.07) is 1.90. The van der Waals surface area contributed by atoms with E-state index < -0.39 is 10.0 Å². The average Bonchev–Trinajstić information content (AvgIpc) is 2.66. The molecule has 0 aliphatic rings. The molecular weight excluding hydrogens is 230 g/mol. The van der Waals surface area contributed by atoms with Gasteiger partial charge < -0.3 is 9.84 Å². The zero-order chi connectivity index (χ0) is 12.0. The second-order valence-electron chi connectivity index (χ2n) is 3.73. The quantitative estimate of drug-likeness (QED) is 0.713. The molecule has 1 heterocycles. The minimum absolute atomic E-state index is 0.0549. The number of nitrogens with one attached hydrogen (secondary N) is 2. The van der Waals surface area contributed by atoms with Crippen molar-refractivity contribution in [3.8, 4) is 0 Å². The van der Waals surface area contributed by atoms with Crippen LogP contribution in [0.3, 0.4) is 0 Å². The predicted octanol–water partition coefficient (Wildman–Crippen LogP) is 0.0920. The van der Waals surface area contributed by atoms with E-state index in [0.717, 1.165) is 0 Å². The van der Waals surface area contributed by atoms with Crippen molar-refractivity contribution in [2.75, 3.05) is 12.3 Å². The lowest BCUT2D eigenvalue weighted by molar-refractivity contribution is 0.380. The van der Waals surface area contributed by atoms with E-state index in [0.29, 0.717) is 12.3 Å². The van der Waals surface area contributed by atoms with E-state index in [4.69, 9.17) is 4.52 Å². The molecule has 0 unspecified atom stereocenters. The van der Waals surface area contributed by atoms with Crippen LogP contribution in [0.5, 0.6) is 0 Å². The Labute approximate surface area is 95.4 Å². The number of hydrogen-bond acceptors (Lipinski definition) is 5. The molecule has 16 heavy (non-hydrogen) atoms. The standard InChI is InChI=1S/C9H17N3O3S/c1-8(2)10-5-6-16(13,14)12-7-9-3-4-11-15-9/h3-4,8,10,12H,5-7H2,1-2H3. The van der Waals surface area contributed by atoms with Crippen LogP contribution in [0.1, 0.15) is 19.6 Å². The molecule has 0 atom stereocenters. The van der Waals surface area contributed by atoms with Crippen LogP contribution < -0.4 is 10.0 Å². The van der Waals surface area contributed by atoms with Gasteiger partial charge >= 0.3 is 0 Å². The van der Waals surface area contributed by atoms with Crippen molar-refractivity contribution in [2.45, 2.75) is 26.4 Å². The Bertz CT molecular complexity index is 386. The number of sulfonamides is 1. The number of aromatic nitrogens is 1. The maximum atomic E-state index is 11.5. The highest BCUT2D eigenvalue weighted by Crippen LogP contribution is 1.96. The number of nitrogens with zero attached hydrogens (tertiary/aromatic N) is 1. The minimum Gasteiger partial charge on any atom is -0.360 e. The van der Waals surface area contributed by atoms with Crippen LogP contribution in [-0.2, 0) is 16.6 Å². The van der Waals surface area contributed by atoms with E-state index in [1.807, 2.05) is 13.8 Å². The van der Waals surface area contributed by atoms with E-state index >= 15 is 0 Å². The Kier molecular flexibility index (Phi) is 4.91. The van der Waals surface area contributed by atoms with Gasteiger partial charge in [-0.05, 0) is 0 Å². The van der Waals surface area contributed by atoms with Gasteiger partial charge in [0, 0.05) is 18.7 Å². The third-order valence-electron chi connectivity index (χ3n) is 1.88. The summed E-state index contributed by atoms with van der Waals surface area (Å²) in [5.41, 5.74) is 0. The lowest BCUT2D eigenvalue weighted by atomic mass is 10.4. The molecule has 1 aromatic rings. The minimum atomic E-state index is -3.25. The second kappa shape index (κ2) is 5.97. The molecule has 0 aromatic carbocycles. The lowest BCUT2D eigenvalue weighted by Gasteiger charge is -2.08. The largest absolute Gasteiger partial charge is 0.360 e.